The van der Waals surface area contributed by atoms with E-state index in [0.717, 1.165) is 18.2 Å². The quantitative estimate of drug-likeness (QED) is 0.879. The molecule has 0 atom stereocenters. The lowest BCUT2D eigenvalue weighted by atomic mass is 10.1. The smallest absolute Gasteiger partial charge is 0.258 e. The van der Waals surface area contributed by atoms with Crippen molar-refractivity contribution in [2.45, 2.75) is 13.8 Å². The van der Waals surface area contributed by atoms with Crippen molar-refractivity contribution in [1.82, 2.24) is 5.32 Å². The van der Waals surface area contributed by atoms with Crippen LogP contribution < -0.4 is 10.6 Å². The number of hydrogen-bond acceptors (Lipinski definition) is 2. The van der Waals surface area contributed by atoms with Gasteiger partial charge >= 0.3 is 0 Å². The highest BCUT2D eigenvalue weighted by atomic mass is 19.1. The van der Waals surface area contributed by atoms with Crippen molar-refractivity contribution in [2.24, 2.45) is 5.92 Å². The molecule has 0 heterocycles. The molecule has 0 aliphatic heterocycles. The molecule has 0 aliphatic carbocycles. The van der Waals surface area contributed by atoms with Gasteiger partial charge < -0.3 is 10.6 Å². The first-order valence-corrected chi connectivity index (χ1v) is 7.51. The van der Waals surface area contributed by atoms with E-state index in [1.165, 1.54) is 12.1 Å². The van der Waals surface area contributed by atoms with E-state index in [4.69, 9.17) is 0 Å². The summed E-state index contributed by atoms with van der Waals surface area (Å²) in [4.78, 5) is 23.9. The first kappa shape index (κ1) is 17.6. The minimum atomic E-state index is -0.807. The number of rotatable bonds is 5. The van der Waals surface area contributed by atoms with Gasteiger partial charge in [-0.1, -0.05) is 13.8 Å². The van der Waals surface area contributed by atoms with Gasteiger partial charge in [0.25, 0.3) is 11.8 Å². The maximum atomic E-state index is 13.6. The molecular weight excluding hydrogens is 314 g/mol. The summed E-state index contributed by atoms with van der Waals surface area (Å²) >= 11 is 0. The number of halogens is 2. The van der Waals surface area contributed by atoms with Gasteiger partial charge in [-0.05, 0) is 48.4 Å². The molecule has 4 nitrogen and oxygen atoms in total. The minimum absolute atomic E-state index is 0.210. The largest absolute Gasteiger partial charge is 0.352 e. The Bertz CT molecular complexity index is 743. The van der Waals surface area contributed by atoms with E-state index < -0.39 is 17.5 Å². The monoisotopic (exact) mass is 332 g/mol. The lowest BCUT2D eigenvalue weighted by molar-refractivity contribution is 0.0948. The van der Waals surface area contributed by atoms with Crippen LogP contribution in [-0.4, -0.2) is 18.4 Å². The maximum Gasteiger partial charge on any atom is 0.258 e. The average Bonchev–Trinajstić information content (AvgIpc) is 2.55. The lowest BCUT2D eigenvalue weighted by Gasteiger charge is -2.09. The van der Waals surface area contributed by atoms with Crippen LogP contribution in [0.15, 0.2) is 42.5 Å². The van der Waals surface area contributed by atoms with E-state index in [1.54, 1.807) is 12.1 Å². The van der Waals surface area contributed by atoms with Gasteiger partial charge in [-0.15, -0.1) is 0 Å². The van der Waals surface area contributed by atoms with E-state index in [9.17, 15) is 18.4 Å². The van der Waals surface area contributed by atoms with Crippen LogP contribution in [0.1, 0.15) is 34.6 Å². The molecule has 0 aromatic heterocycles. The van der Waals surface area contributed by atoms with Crippen LogP contribution >= 0.6 is 0 Å². The number of nitrogens with one attached hydrogen (secondary N) is 2. The lowest BCUT2D eigenvalue weighted by Crippen LogP contribution is -2.27. The predicted octanol–water partition coefficient (Wildman–Crippen LogP) is 3.60. The van der Waals surface area contributed by atoms with E-state index in [2.05, 4.69) is 10.6 Å². The molecule has 24 heavy (non-hydrogen) atoms. The molecule has 0 bridgehead atoms. The Kier molecular flexibility index (Phi) is 5.63. The van der Waals surface area contributed by atoms with Gasteiger partial charge in [-0.3, -0.25) is 9.59 Å². The molecule has 2 N–H and O–H groups in total. The SMILES string of the molecule is CC(C)CNC(=O)c1ccc(NC(=O)c2cc(F)ccc2F)cc1. The van der Waals surface area contributed by atoms with E-state index in [0.29, 0.717) is 23.7 Å². The molecular formula is C18H18F2N2O2. The Morgan fingerprint density at radius 2 is 1.67 bits per heavy atom. The molecule has 6 heteroatoms. The fourth-order valence-electron chi connectivity index (χ4n) is 1.97. The number of amides is 2. The molecule has 0 aliphatic rings. The molecule has 2 aromatic carbocycles. The first-order valence-electron chi connectivity index (χ1n) is 7.51. The average molecular weight is 332 g/mol. The van der Waals surface area contributed by atoms with Crippen LogP contribution in [-0.2, 0) is 0 Å². The summed E-state index contributed by atoms with van der Waals surface area (Å²) in [6.45, 7) is 4.55. The molecule has 2 amide bonds. The summed E-state index contributed by atoms with van der Waals surface area (Å²) in [5.74, 6) is -2.13. The summed E-state index contributed by atoms with van der Waals surface area (Å²) in [7, 11) is 0. The Balaban J connectivity index is 2.04. The van der Waals surface area contributed by atoms with Crippen molar-refractivity contribution in [3.05, 3.63) is 65.2 Å². The number of anilines is 1. The van der Waals surface area contributed by atoms with Crippen molar-refractivity contribution < 1.29 is 18.4 Å². The van der Waals surface area contributed by atoms with Crippen LogP contribution in [0, 0.1) is 17.6 Å². The van der Waals surface area contributed by atoms with Crippen LogP contribution in [0.2, 0.25) is 0 Å². The van der Waals surface area contributed by atoms with Crippen molar-refractivity contribution in [2.75, 3.05) is 11.9 Å². The Hall–Kier alpha value is -2.76. The van der Waals surface area contributed by atoms with Gasteiger partial charge in [-0.25, -0.2) is 8.78 Å². The second kappa shape index (κ2) is 7.68. The fourth-order valence-corrected chi connectivity index (χ4v) is 1.97. The van der Waals surface area contributed by atoms with Gasteiger partial charge in [0.15, 0.2) is 0 Å². The van der Waals surface area contributed by atoms with Gasteiger partial charge in [0.1, 0.15) is 11.6 Å². The van der Waals surface area contributed by atoms with Gasteiger partial charge in [-0.2, -0.15) is 0 Å². The summed E-state index contributed by atoms with van der Waals surface area (Å²) in [6.07, 6.45) is 0. The fraction of sp³-hybridized carbons (Fsp3) is 0.222. The van der Waals surface area contributed by atoms with E-state index >= 15 is 0 Å². The van der Waals surface area contributed by atoms with Gasteiger partial charge in [0, 0.05) is 17.8 Å². The molecule has 0 radical (unpaired) electrons. The molecule has 0 fully saturated rings. The van der Waals surface area contributed by atoms with Crippen molar-refractivity contribution in [3.63, 3.8) is 0 Å². The summed E-state index contributed by atoms with van der Waals surface area (Å²) in [5, 5.41) is 5.25. The Morgan fingerprint density at radius 1 is 1.00 bits per heavy atom. The molecule has 126 valence electrons. The zero-order valence-corrected chi connectivity index (χ0v) is 13.4. The number of carbonyl (C=O) groups is 2. The van der Waals surface area contributed by atoms with Crippen LogP contribution in [0.3, 0.4) is 0 Å². The predicted molar refractivity (Wildman–Crippen MR) is 87.9 cm³/mol. The second-order valence-corrected chi connectivity index (χ2v) is 5.76. The highest BCUT2D eigenvalue weighted by Gasteiger charge is 2.13. The third-order valence-corrected chi connectivity index (χ3v) is 3.25. The summed E-state index contributed by atoms with van der Waals surface area (Å²) in [5.41, 5.74) is 0.448. The van der Waals surface area contributed by atoms with Gasteiger partial charge in [0.05, 0.1) is 5.56 Å². The molecule has 0 saturated carbocycles. The van der Waals surface area contributed by atoms with Crippen molar-refractivity contribution in [1.29, 1.82) is 0 Å². The summed E-state index contributed by atoms with van der Waals surface area (Å²) < 4.78 is 26.7. The highest BCUT2D eigenvalue weighted by molar-refractivity contribution is 6.04. The van der Waals surface area contributed by atoms with Crippen molar-refractivity contribution in [3.8, 4) is 0 Å². The number of benzene rings is 2. The normalized spacial score (nSPS) is 10.5. The third kappa shape index (κ3) is 4.62. The maximum absolute atomic E-state index is 13.6. The van der Waals surface area contributed by atoms with Crippen LogP contribution in [0.4, 0.5) is 14.5 Å². The van der Waals surface area contributed by atoms with Crippen LogP contribution in [0.5, 0.6) is 0 Å². The van der Waals surface area contributed by atoms with Gasteiger partial charge in [0.2, 0.25) is 0 Å². The standard InChI is InChI=1S/C18H18F2N2O2/c1-11(2)10-21-17(23)12-3-6-14(7-4-12)22-18(24)15-9-13(19)5-8-16(15)20/h3-9,11H,10H2,1-2H3,(H,21,23)(H,22,24). The first-order chi connectivity index (χ1) is 11.4. The van der Waals surface area contributed by atoms with Crippen LogP contribution in [0.25, 0.3) is 0 Å². The second-order valence-electron chi connectivity index (χ2n) is 5.76. The molecule has 2 rings (SSSR count). The molecule has 0 spiro atoms. The van der Waals surface area contributed by atoms with Crippen molar-refractivity contribution >= 4 is 17.5 Å². The third-order valence-electron chi connectivity index (χ3n) is 3.25. The highest BCUT2D eigenvalue weighted by Crippen LogP contribution is 2.14. The number of carbonyl (C=O) groups excluding carboxylic acids is 2. The van der Waals surface area contributed by atoms with E-state index in [-0.39, 0.29) is 11.5 Å². The minimum Gasteiger partial charge on any atom is -0.352 e. The zero-order chi connectivity index (χ0) is 17.7. The molecule has 0 saturated heterocycles. The Labute approximate surface area is 138 Å². The Morgan fingerprint density at radius 3 is 2.29 bits per heavy atom. The number of hydrogen-bond donors (Lipinski definition) is 2. The summed E-state index contributed by atoms with van der Waals surface area (Å²) in [6, 6.07) is 8.82. The van der Waals surface area contributed by atoms with E-state index in [1.807, 2.05) is 13.8 Å². The molecule has 0 unspecified atom stereocenters. The topological polar surface area (TPSA) is 58.2 Å². The zero-order valence-electron chi connectivity index (χ0n) is 13.4. The molecule has 2 aromatic rings.